The van der Waals surface area contributed by atoms with Crippen LogP contribution in [0.3, 0.4) is 0 Å². The fraction of sp³-hybridized carbons (Fsp3) is 0.222. The van der Waals surface area contributed by atoms with Crippen LogP contribution in [0.5, 0.6) is 0 Å². The van der Waals surface area contributed by atoms with Crippen molar-refractivity contribution >= 4 is 37.4 Å². The molecule has 3 rings (SSSR count). The second-order valence-corrected chi connectivity index (χ2v) is 7.19. The van der Waals surface area contributed by atoms with Gasteiger partial charge in [0.25, 0.3) is 0 Å². The Kier molecular flexibility index (Phi) is 4.16. The third-order valence-corrected chi connectivity index (χ3v) is 5.83. The van der Waals surface area contributed by atoms with Crippen molar-refractivity contribution in [2.45, 2.75) is 26.4 Å². The van der Waals surface area contributed by atoms with Gasteiger partial charge in [-0.25, -0.2) is 0 Å². The van der Waals surface area contributed by atoms with E-state index in [1.54, 1.807) is 11.3 Å². The minimum Gasteiger partial charge on any atom is -0.388 e. The Morgan fingerprint density at radius 3 is 2.81 bits per heavy atom. The van der Waals surface area contributed by atoms with Gasteiger partial charge in [0.15, 0.2) is 0 Å². The molecule has 108 valence electrons. The molecule has 2 aromatic carbocycles. The van der Waals surface area contributed by atoms with E-state index < -0.39 is 6.10 Å². The number of benzene rings is 2. The molecule has 0 spiro atoms. The van der Waals surface area contributed by atoms with Crippen molar-refractivity contribution in [3.05, 3.63) is 68.5 Å². The molecule has 3 aromatic rings. The van der Waals surface area contributed by atoms with Gasteiger partial charge in [-0.3, -0.25) is 0 Å². The molecule has 0 aliphatic heterocycles. The lowest BCUT2D eigenvalue weighted by Crippen LogP contribution is -2.03. The zero-order valence-electron chi connectivity index (χ0n) is 12.1. The average molecular weight is 361 g/mol. The van der Waals surface area contributed by atoms with Gasteiger partial charge < -0.3 is 5.11 Å². The minimum absolute atomic E-state index is 0.464. The van der Waals surface area contributed by atoms with Crippen molar-refractivity contribution in [2.24, 2.45) is 0 Å². The van der Waals surface area contributed by atoms with Crippen molar-refractivity contribution in [2.75, 3.05) is 0 Å². The first-order valence-corrected chi connectivity index (χ1v) is 8.63. The molecule has 1 atom stereocenters. The van der Waals surface area contributed by atoms with Crippen LogP contribution in [0.4, 0.5) is 0 Å². The first-order chi connectivity index (χ1) is 10.1. The van der Waals surface area contributed by atoms with E-state index in [4.69, 9.17) is 0 Å². The molecule has 0 radical (unpaired) electrons. The van der Waals surface area contributed by atoms with Gasteiger partial charge in [-0.2, -0.15) is 0 Å². The number of fused-ring (bicyclic) bond motifs is 1. The fourth-order valence-electron chi connectivity index (χ4n) is 2.64. The molecular weight excluding hydrogens is 344 g/mol. The van der Waals surface area contributed by atoms with Crippen LogP contribution >= 0.6 is 27.3 Å². The number of aliphatic hydroxyl groups excluding tert-OH is 1. The molecule has 0 fully saturated rings. The van der Waals surface area contributed by atoms with E-state index in [0.29, 0.717) is 6.42 Å². The van der Waals surface area contributed by atoms with Crippen LogP contribution in [-0.4, -0.2) is 5.11 Å². The molecule has 0 aliphatic carbocycles. The summed E-state index contributed by atoms with van der Waals surface area (Å²) in [5.74, 6) is 0. The highest BCUT2D eigenvalue weighted by Gasteiger charge is 2.16. The Morgan fingerprint density at radius 1 is 1.19 bits per heavy atom. The highest BCUT2D eigenvalue weighted by atomic mass is 79.9. The molecule has 21 heavy (non-hydrogen) atoms. The van der Waals surface area contributed by atoms with Gasteiger partial charge in [0.2, 0.25) is 0 Å². The third-order valence-electron chi connectivity index (χ3n) is 3.86. The second kappa shape index (κ2) is 5.91. The summed E-state index contributed by atoms with van der Waals surface area (Å²) in [4.78, 5) is 0. The summed E-state index contributed by atoms with van der Waals surface area (Å²) < 4.78 is 2.29. The highest BCUT2D eigenvalue weighted by molar-refractivity contribution is 9.10. The van der Waals surface area contributed by atoms with Crippen LogP contribution < -0.4 is 0 Å². The van der Waals surface area contributed by atoms with Gasteiger partial charge in [0, 0.05) is 15.6 Å². The summed E-state index contributed by atoms with van der Waals surface area (Å²) in [6.07, 6.45) is 0.194. The van der Waals surface area contributed by atoms with Gasteiger partial charge in [-0.1, -0.05) is 35.9 Å². The molecule has 1 heterocycles. The van der Waals surface area contributed by atoms with E-state index >= 15 is 0 Å². The average Bonchev–Trinajstić information content (AvgIpc) is 2.88. The number of halogens is 1. The van der Waals surface area contributed by atoms with Crippen LogP contribution in [0.1, 0.15) is 28.4 Å². The maximum Gasteiger partial charge on any atom is 0.0844 e. The SMILES string of the molecule is Cc1ccc(C)c(CC(O)c2csc3c(Br)cccc23)c1. The zero-order valence-corrected chi connectivity index (χ0v) is 14.5. The number of thiophene rings is 1. The number of hydrogen-bond donors (Lipinski definition) is 1. The molecule has 0 bridgehead atoms. The molecule has 1 nitrogen and oxygen atoms in total. The van der Waals surface area contributed by atoms with Crippen molar-refractivity contribution in [3.8, 4) is 0 Å². The topological polar surface area (TPSA) is 20.2 Å². The quantitative estimate of drug-likeness (QED) is 0.648. The van der Waals surface area contributed by atoms with Crippen molar-refractivity contribution in [1.29, 1.82) is 0 Å². The minimum atomic E-state index is -0.464. The van der Waals surface area contributed by atoms with Crippen LogP contribution in [0.15, 0.2) is 46.3 Å². The molecule has 1 aromatic heterocycles. The van der Waals surface area contributed by atoms with Crippen molar-refractivity contribution < 1.29 is 5.11 Å². The predicted molar refractivity (Wildman–Crippen MR) is 94.1 cm³/mol. The molecule has 3 heteroatoms. The van der Waals surface area contributed by atoms with Gasteiger partial charge in [-0.15, -0.1) is 11.3 Å². The lowest BCUT2D eigenvalue weighted by Gasteiger charge is -2.13. The van der Waals surface area contributed by atoms with E-state index in [9.17, 15) is 5.11 Å². The maximum atomic E-state index is 10.7. The fourth-order valence-corrected chi connectivity index (χ4v) is 4.31. The van der Waals surface area contributed by atoms with Crippen LogP contribution in [0.25, 0.3) is 10.1 Å². The third kappa shape index (κ3) is 2.91. The first kappa shape index (κ1) is 14.8. The Labute approximate surface area is 137 Å². The molecule has 0 saturated heterocycles. The molecule has 0 aliphatic rings. The number of hydrogen-bond acceptors (Lipinski definition) is 2. The normalized spacial score (nSPS) is 12.8. The monoisotopic (exact) mass is 360 g/mol. The van der Waals surface area contributed by atoms with E-state index in [1.165, 1.54) is 21.4 Å². The van der Waals surface area contributed by atoms with E-state index in [2.05, 4.69) is 59.4 Å². The summed E-state index contributed by atoms with van der Waals surface area (Å²) >= 11 is 5.26. The lowest BCUT2D eigenvalue weighted by atomic mass is 9.96. The maximum absolute atomic E-state index is 10.7. The number of rotatable bonds is 3. The van der Waals surface area contributed by atoms with E-state index in [0.717, 1.165) is 15.4 Å². The largest absolute Gasteiger partial charge is 0.388 e. The van der Waals surface area contributed by atoms with Crippen LogP contribution in [-0.2, 0) is 6.42 Å². The summed E-state index contributed by atoms with van der Waals surface area (Å²) in [7, 11) is 0. The molecule has 0 saturated carbocycles. The summed E-state index contributed by atoms with van der Waals surface area (Å²) in [6.45, 7) is 4.19. The molecular formula is C18H17BrOS. The lowest BCUT2D eigenvalue weighted by molar-refractivity contribution is 0.180. The van der Waals surface area contributed by atoms with E-state index in [-0.39, 0.29) is 0 Å². The van der Waals surface area contributed by atoms with Crippen LogP contribution in [0, 0.1) is 13.8 Å². The smallest absolute Gasteiger partial charge is 0.0844 e. The number of aliphatic hydroxyl groups is 1. The molecule has 0 amide bonds. The summed E-state index contributed by atoms with van der Waals surface area (Å²) in [6, 6.07) is 12.6. The number of aryl methyl sites for hydroxylation is 2. The zero-order chi connectivity index (χ0) is 15.0. The van der Waals surface area contributed by atoms with Gasteiger partial charge >= 0.3 is 0 Å². The molecule has 1 unspecified atom stereocenters. The van der Waals surface area contributed by atoms with E-state index in [1.807, 2.05) is 12.1 Å². The Bertz CT molecular complexity index is 791. The summed E-state index contributed by atoms with van der Waals surface area (Å²) in [5.41, 5.74) is 4.72. The van der Waals surface area contributed by atoms with Crippen LogP contribution in [0.2, 0.25) is 0 Å². The van der Waals surface area contributed by atoms with Gasteiger partial charge in [0.05, 0.1) is 6.10 Å². The Balaban J connectivity index is 1.96. The standard InChI is InChI=1S/C18H17BrOS/c1-11-6-7-12(2)13(8-11)9-17(20)15-10-21-18-14(15)4-3-5-16(18)19/h3-8,10,17,20H,9H2,1-2H3. The van der Waals surface area contributed by atoms with Gasteiger partial charge in [-0.05, 0) is 63.3 Å². The van der Waals surface area contributed by atoms with Crippen molar-refractivity contribution in [3.63, 3.8) is 0 Å². The summed E-state index contributed by atoms with van der Waals surface area (Å²) in [5, 5.41) is 13.9. The Hall–Kier alpha value is -1.16. The highest BCUT2D eigenvalue weighted by Crippen LogP contribution is 2.36. The van der Waals surface area contributed by atoms with Gasteiger partial charge in [0.1, 0.15) is 0 Å². The Morgan fingerprint density at radius 2 is 2.00 bits per heavy atom. The predicted octanol–water partition coefficient (Wildman–Crippen LogP) is 5.56. The second-order valence-electron chi connectivity index (χ2n) is 5.46. The molecule has 1 N–H and O–H groups in total. The first-order valence-electron chi connectivity index (χ1n) is 6.96. The van der Waals surface area contributed by atoms with Crippen molar-refractivity contribution in [1.82, 2.24) is 0 Å².